The fraction of sp³-hybridized carbons (Fsp3) is 0.917. The van der Waals surface area contributed by atoms with Crippen LogP contribution in [0.5, 0.6) is 0 Å². The van der Waals surface area contributed by atoms with Gasteiger partial charge in [0.1, 0.15) is 0 Å². The molecule has 4 nitrogen and oxygen atoms in total. The van der Waals surface area contributed by atoms with Crippen LogP contribution in [0.2, 0.25) is 0 Å². The highest BCUT2D eigenvalue weighted by Crippen LogP contribution is 2.27. The SMILES string of the molecule is CCCC1(N)CN(CC(=O)NCC2CC2)C1. The van der Waals surface area contributed by atoms with Crippen LogP contribution in [-0.2, 0) is 4.79 Å². The van der Waals surface area contributed by atoms with Crippen molar-refractivity contribution in [3.8, 4) is 0 Å². The molecule has 0 unspecified atom stereocenters. The molecule has 2 rings (SSSR count). The van der Waals surface area contributed by atoms with E-state index in [0.717, 1.165) is 38.4 Å². The van der Waals surface area contributed by atoms with Crippen molar-refractivity contribution in [2.75, 3.05) is 26.2 Å². The number of amides is 1. The fourth-order valence-electron chi connectivity index (χ4n) is 2.45. The number of carbonyl (C=O) groups excluding carboxylic acids is 1. The summed E-state index contributed by atoms with van der Waals surface area (Å²) in [6.07, 6.45) is 4.75. The van der Waals surface area contributed by atoms with E-state index >= 15 is 0 Å². The summed E-state index contributed by atoms with van der Waals surface area (Å²) in [5, 5.41) is 2.98. The van der Waals surface area contributed by atoms with Crippen LogP contribution in [0.25, 0.3) is 0 Å². The lowest BCUT2D eigenvalue weighted by Crippen LogP contribution is -2.68. The lowest BCUT2D eigenvalue weighted by Gasteiger charge is -2.47. The molecule has 0 bridgehead atoms. The van der Waals surface area contributed by atoms with E-state index < -0.39 is 0 Å². The molecule has 0 aromatic carbocycles. The van der Waals surface area contributed by atoms with E-state index in [4.69, 9.17) is 5.73 Å². The second kappa shape index (κ2) is 4.72. The predicted molar refractivity (Wildman–Crippen MR) is 64.0 cm³/mol. The molecule has 1 saturated carbocycles. The minimum atomic E-state index is -0.0223. The topological polar surface area (TPSA) is 58.4 Å². The van der Waals surface area contributed by atoms with E-state index in [-0.39, 0.29) is 11.4 Å². The van der Waals surface area contributed by atoms with Gasteiger partial charge in [-0.25, -0.2) is 0 Å². The molecule has 0 atom stereocenters. The first kappa shape index (κ1) is 11.9. The third kappa shape index (κ3) is 3.19. The van der Waals surface area contributed by atoms with Crippen molar-refractivity contribution in [2.24, 2.45) is 11.7 Å². The molecule has 1 amide bonds. The molecule has 3 N–H and O–H groups in total. The second-order valence-electron chi connectivity index (χ2n) is 5.50. The number of nitrogens with zero attached hydrogens (tertiary/aromatic N) is 1. The summed E-state index contributed by atoms with van der Waals surface area (Å²) in [6.45, 7) is 5.29. The molecule has 0 aromatic rings. The van der Waals surface area contributed by atoms with Crippen LogP contribution < -0.4 is 11.1 Å². The molecule has 2 aliphatic rings. The largest absolute Gasteiger partial charge is 0.355 e. The van der Waals surface area contributed by atoms with Crippen molar-refractivity contribution in [3.05, 3.63) is 0 Å². The Morgan fingerprint density at radius 2 is 2.19 bits per heavy atom. The number of nitrogens with two attached hydrogens (primary N) is 1. The Morgan fingerprint density at radius 1 is 1.50 bits per heavy atom. The Kier molecular flexibility index (Phi) is 3.50. The van der Waals surface area contributed by atoms with Crippen molar-refractivity contribution >= 4 is 5.91 Å². The average Bonchev–Trinajstić information content (AvgIpc) is 2.96. The maximum Gasteiger partial charge on any atom is 0.234 e. The molecule has 1 aliphatic heterocycles. The number of carbonyl (C=O) groups is 1. The van der Waals surface area contributed by atoms with Crippen LogP contribution in [-0.4, -0.2) is 42.5 Å². The van der Waals surface area contributed by atoms with Crippen molar-refractivity contribution < 1.29 is 4.79 Å². The first-order valence-electron chi connectivity index (χ1n) is 6.39. The van der Waals surface area contributed by atoms with Gasteiger partial charge in [0.2, 0.25) is 5.91 Å². The van der Waals surface area contributed by atoms with Crippen LogP contribution >= 0.6 is 0 Å². The standard InChI is InChI=1S/C12H23N3O/c1-2-5-12(13)8-15(9-12)7-11(16)14-6-10-3-4-10/h10H,2-9,13H2,1H3,(H,14,16). The minimum Gasteiger partial charge on any atom is -0.355 e. The van der Waals surface area contributed by atoms with E-state index in [2.05, 4.69) is 17.1 Å². The van der Waals surface area contributed by atoms with E-state index in [1.165, 1.54) is 12.8 Å². The Morgan fingerprint density at radius 3 is 2.75 bits per heavy atom. The van der Waals surface area contributed by atoms with Gasteiger partial charge in [-0.05, 0) is 25.2 Å². The van der Waals surface area contributed by atoms with Gasteiger partial charge < -0.3 is 11.1 Å². The van der Waals surface area contributed by atoms with Gasteiger partial charge >= 0.3 is 0 Å². The number of hydrogen-bond acceptors (Lipinski definition) is 3. The van der Waals surface area contributed by atoms with Crippen LogP contribution in [0.3, 0.4) is 0 Å². The number of rotatable bonds is 6. The highest BCUT2D eigenvalue weighted by molar-refractivity contribution is 5.78. The Hall–Kier alpha value is -0.610. The summed E-state index contributed by atoms with van der Waals surface area (Å²) >= 11 is 0. The molecule has 2 fully saturated rings. The molecule has 0 radical (unpaired) electrons. The fourth-order valence-corrected chi connectivity index (χ4v) is 2.45. The second-order valence-corrected chi connectivity index (χ2v) is 5.50. The minimum absolute atomic E-state index is 0.0223. The monoisotopic (exact) mass is 225 g/mol. The molecule has 16 heavy (non-hydrogen) atoms. The van der Waals surface area contributed by atoms with Gasteiger partial charge in [-0.1, -0.05) is 13.3 Å². The molecule has 1 aliphatic carbocycles. The lowest BCUT2D eigenvalue weighted by atomic mass is 9.86. The third-order valence-electron chi connectivity index (χ3n) is 3.48. The van der Waals surface area contributed by atoms with Crippen LogP contribution in [0.15, 0.2) is 0 Å². The molecule has 4 heteroatoms. The van der Waals surface area contributed by atoms with Gasteiger partial charge in [-0.3, -0.25) is 9.69 Å². The van der Waals surface area contributed by atoms with Gasteiger partial charge in [0.05, 0.1) is 6.54 Å². The summed E-state index contributed by atoms with van der Waals surface area (Å²) in [4.78, 5) is 13.7. The zero-order valence-corrected chi connectivity index (χ0v) is 10.2. The van der Waals surface area contributed by atoms with E-state index in [0.29, 0.717) is 6.54 Å². The van der Waals surface area contributed by atoms with Crippen molar-refractivity contribution in [2.45, 2.75) is 38.1 Å². The molecule has 1 heterocycles. The number of nitrogens with one attached hydrogen (secondary N) is 1. The average molecular weight is 225 g/mol. The maximum absolute atomic E-state index is 11.6. The molecule has 92 valence electrons. The number of hydrogen-bond donors (Lipinski definition) is 2. The Balaban J connectivity index is 1.58. The predicted octanol–water partition coefficient (Wildman–Crippen LogP) is 0.326. The molecule has 1 saturated heterocycles. The summed E-state index contributed by atoms with van der Waals surface area (Å²) < 4.78 is 0. The third-order valence-corrected chi connectivity index (χ3v) is 3.48. The van der Waals surface area contributed by atoms with Crippen LogP contribution in [0, 0.1) is 5.92 Å². The van der Waals surface area contributed by atoms with Crippen LogP contribution in [0.1, 0.15) is 32.6 Å². The van der Waals surface area contributed by atoms with Gasteiger partial charge in [0.25, 0.3) is 0 Å². The summed E-state index contributed by atoms with van der Waals surface area (Å²) in [6, 6.07) is 0. The zero-order chi connectivity index (χ0) is 11.6. The molecule has 0 spiro atoms. The first-order chi connectivity index (χ1) is 7.61. The molecular formula is C12H23N3O. The maximum atomic E-state index is 11.6. The van der Waals surface area contributed by atoms with Crippen LogP contribution in [0.4, 0.5) is 0 Å². The normalized spacial score (nSPS) is 23.9. The summed E-state index contributed by atoms with van der Waals surface area (Å²) in [5.74, 6) is 0.916. The van der Waals surface area contributed by atoms with E-state index in [1.807, 2.05) is 0 Å². The van der Waals surface area contributed by atoms with E-state index in [9.17, 15) is 4.79 Å². The Labute approximate surface area is 97.6 Å². The first-order valence-corrected chi connectivity index (χ1v) is 6.39. The number of likely N-dealkylation sites (tertiary alicyclic amines) is 1. The zero-order valence-electron chi connectivity index (χ0n) is 10.2. The van der Waals surface area contributed by atoms with Gasteiger partial charge in [-0.15, -0.1) is 0 Å². The van der Waals surface area contributed by atoms with Crippen molar-refractivity contribution in [3.63, 3.8) is 0 Å². The lowest BCUT2D eigenvalue weighted by molar-refractivity contribution is -0.124. The molecule has 0 aromatic heterocycles. The van der Waals surface area contributed by atoms with E-state index in [1.54, 1.807) is 0 Å². The van der Waals surface area contributed by atoms with Gasteiger partial charge in [0, 0.05) is 25.2 Å². The van der Waals surface area contributed by atoms with Crippen molar-refractivity contribution in [1.29, 1.82) is 0 Å². The highest BCUT2D eigenvalue weighted by Gasteiger charge is 2.38. The smallest absolute Gasteiger partial charge is 0.234 e. The summed E-state index contributed by atoms with van der Waals surface area (Å²) in [7, 11) is 0. The van der Waals surface area contributed by atoms with Crippen molar-refractivity contribution in [1.82, 2.24) is 10.2 Å². The van der Waals surface area contributed by atoms with Gasteiger partial charge in [-0.2, -0.15) is 0 Å². The quantitative estimate of drug-likeness (QED) is 0.685. The highest BCUT2D eigenvalue weighted by atomic mass is 16.2. The summed E-state index contributed by atoms with van der Waals surface area (Å²) in [5.41, 5.74) is 6.12. The van der Waals surface area contributed by atoms with Gasteiger partial charge in [0.15, 0.2) is 0 Å². The molecular weight excluding hydrogens is 202 g/mol. The Bertz CT molecular complexity index is 257.